The van der Waals surface area contributed by atoms with Gasteiger partial charge in [0.2, 0.25) is 0 Å². The van der Waals surface area contributed by atoms with Crippen molar-refractivity contribution in [3.05, 3.63) is 89.5 Å². The van der Waals surface area contributed by atoms with Crippen molar-refractivity contribution in [2.45, 2.75) is 57.8 Å². The summed E-state index contributed by atoms with van der Waals surface area (Å²) in [7, 11) is 0. The molecular weight excluding hydrogens is 468 g/mol. The lowest BCUT2D eigenvalue weighted by Crippen LogP contribution is -2.09. The predicted octanol–water partition coefficient (Wildman–Crippen LogP) is 7.98. The average Bonchev–Trinajstić information content (AvgIpc) is 2.88. The van der Waals surface area contributed by atoms with Crippen molar-refractivity contribution in [1.29, 1.82) is 0 Å². The monoisotopic (exact) mass is 504 g/mol. The summed E-state index contributed by atoms with van der Waals surface area (Å²) in [6.07, 6.45) is 5.88. The highest BCUT2D eigenvalue weighted by molar-refractivity contribution is 5.83. The minimum Gasteiger partial charge on any atom is -0.494 e. The zero-order valence-electron chi connectivity index (χ0n) is 21.3. The van der Waals surface area contributed by atoms with Gasteiger partial charge in [-0.1, -0.05) is 75.4 Å². The lowest BCUT2D eigenvalue weighted by atomic mass is 9.86. The molecule has 3 aromatic rings. The Balaban J connectivity index is 1.69. The van der Waals surface area contributed by atoms with Crippen molar-refractivity contribution in [3.63, 3.8) is 0 Å². The van der Waals surface area contributed by atoms with Gasteiger partial charge in [-0.15, -0.1) is 0 Å². The number of hydrogen-bond donors (Lipinski definition) is 4. The van der Waals surface area contributed by atoms with E-state index in [0.717, 1.165) is 41.9 Å². The number of hydrogen-bond acceptors (Lipinski definition) is 3. The molecule has 0 bridgehead atoms. The summed E-state index contributed by atoms with van der Waals surface area (Å²) in [5.41, 5.74) is 4.19. The number of rotatable bonds is 14. The van der Waals surface area contributed by atoms with Crippen LogP contribution in [0.25, 0.3) is 0 Å². The van der Waals surface area contributed by atoms with Crippen LogP contribution in [0.2, 0.25) is 0 Å². The van der Waals surface area contributed by atoms with Gasteiger partial charge in [-0.05, 0) is 65.9 Å². The van der Waals surface area contributed by atoms with Crippen LogP contribution < -0.4 is 15.4 Å². The van der Waals surface area contributed by atoms with Gasteiger partial charge < -0.3 is 14.9 Å². The van der Waals surface area contributed by atoms with Gasteiger partial charge >= 0.3 is 12.2 Å². The van der Waals surface area contributed by atoms with Crippen LogP contribution in [0, 0.1) is 0 Å². The molecule has 0 aliphatic rings. The minimum absolute atomic E-state index is 0.00681. The van der Waals surface area contributed by atoms with E-state index in [1.807, 2.05) is 36.4 Å². The molecule has 0 heterocycles. The number of nitrogens with one attached hydrogen (secondary N) is 2. The first-order chi connectivity index (χ1) is 17.9. The summed E-state index contributed by atoms with van der Waals surface area (Å²) in [5, 5.41) is 22.7. The van der Waals surface area contributed by atoms with Gasteiger partial charge in [-0.3, -0.25) is 10.6 Å². The lowest BCUT2D eigenvalue weighted by molar-refractivity contribution is 0.208. The van der Waals surface area contributed by atoms with Crippen LogP contribution in [0.15, 0.2) is 72.8 Å². The summed E-state index contributed by atoms with van der Waals surface area (Å²) >= 11 is 0. The molecule has 0 radical (unpaired) electrons. The number of ether oxygens (including phenoxy) is 1. The normalized spacial score (nSPS) is 10.8. The number of carbonyl (C=O) groups is 2. The fraction of sp³-hybridized carbons (Fsp3) is 0.333. The Morgan fingerprint density at radius 1 is 0.703 bits per heavy atom. The second-order valence-corrected chi connectivity index (χ2v) is 9.12. The third kappa shape index (κ3) is 9.52. The molecule has 3 aromatic carbocycles. The van der Waals surface area contributed by atoms with E-state index in [1.165, 1.54) is 32.1 Å². The minimum atomic E-state index is -1.11. The predicted molar refractivity (Wildman–Crippen MR) is 147 cm³/mol. The van der Waals surface area contributed by atoms with E-state index >= 15 is 0 Å². The maximum Gasteiger partial charge on any atom is 0.409 e. The molecule has 0 atom stereocenters. The van der Waals surface area contributed by atoms with E-state index in [4.69, 9.17) is 14.9 Å². The quantitative estimate of drug-likeness (QED) is 0.166. The fourth-order valence-electron chi connectivity index (χ4n) is 4.30. The van der Waals surface area contributed by atoms with Crippen LogP contribution in [-0.4, -0.2) is 29.0 Å². The van der Waals surface area contributed by atoms with Crippen molar-refractivity contribution < 1.29 is 24.5 Å². The molecule has 0 aliphatic heterocycles. The zero-order valence-corrected chi connectivity index (χ0v) is 21.3. The summed E-state index contributed by atoms with van der Waals surface area (Å²) < 4.78 is 5.92. The first-order valence-corrected chi connectivity index (χ1v) is 12.9. The molecule has 196 valence electrons. The molecule has 0 saturated heterocycles. The molecule has 0 spiro atoms. The van der Waals surface area contributed by atoms with E-state index in [0.29, 0.717) is 11.4 Å². The molecule has 2 amide bonds. The molecule has 0 saturated carbocycles. The van der Waals surface area contributed by atoms with Crippen LogP contribution >= 0.6 is 0 Å². The van der Waals surface area contributed by atoms with E-state index < -0.39 is 12.2 Å². The van der Waals surface area contributed by atoms with Crippen LogP contribution in [0.5, 0.6) is 5.75 Å². The molecule has 0 aromatic heterocycles. The van der Waals surface area contributed by atoms with Crippen molar-refractivity contribution in [1.82, 2.24) is 0 Å². The maximum atomic E-state index is 11.0. The van der Waals surface area contributed by atoms with Gasteiger partial charge in [0.05, 0.1) is 6.61 Å². The Hall–Kier alpha value is -4.00. The molecule has 3 rings (SSSR count). The first kappa shape index (κ1) is 27.6. The molecule has 7 heteroatoms. The second kappa shape index (κ2) is 14.5. The molecule has 7 nitrogen and oxygen atoms in total. The number of amides is 2. The van der Waals surface area contributed by atoms with E-state index in [1.54, 1.807) is 24.3 Å². The van der Waals surface area contributed by atoms with Gasteiger partial charge in [-0.25, -0.2) is 9.59 Å². The zero-order chi connectivity index (χ0) is 26.5. The van der Waals surface area contributed by atoms with Crippen LogP contribution in [0.4, 0.5) is 21.0 Å². The summed E-state index contributed by atoms with van der Waals surface area (Å²) in [5.74, 6) is 0.856. The Labute approximate surface area is 218 Å². The topological polar surface area (TPSA) is 108 Å². The van der Waals surface area contributed by atoms with Crippen LogP contribution in [0.1, 0.15) is 68.1 Å². The SMILES string of the molecule is CCCCCCCCOc1ccc(CC(c2ccc(NC(=O)O)cc2)c2ccc(NC(=O)O)cc2)cc1. The van der Waals surface area contributed by atoms with Crippen LogP contribution in [0.3, 0.4) is 0 Å². The van der Waals surface area contributed by atoms with E-state index in [9.17, 15) is 9.59 Å². The average molecular weight is 505 g/mol. The van der Waals surface area contributed by atoms with Crippen molar-refractivity contribution >= 4 is 23.6 Å². The Morgan fingerprint density at radius 3 is 1.68 bits per heavy atom. The highest BCUT2D eigenvalue weighted by Gasteiger charge is 2.16. The molecule has 4 N–H and O–H groups in total. The van der Waals surface area contributed by atoms with Crippen molar-refractivity contribution in [2.75, 3.05) is 17.2 Å². The van der Waals surface area contributed by atoms with E-state index in [2.05, 4.69) is 29.7 Å². The largest absolute Gasteiger partial charge is 0.494 e. The Kier molecular flexibility index (Phi) is 10.8. The lowest BCUT2D eigenvalue weighted by Gasteiger charge is -2.19. The van der Waals surface area contributed by atoms with Gasteiger partial charge in [0.25, 0.3) is 0 Å². The summed E-state index contributed by atoms with van der Waals surface area (Å²) in [4.78, 5) is 21.9. The molecule has 0 unspecified atom stereocenters. The third-order valence-corrected chi connectivity index (χ3v) is 6.26. The summed E-state index contributed by atoms with van der Waals surface area (Å²) in [6.45, 7) is 2.95. The number of unbranched alkanes of at least 4 members (excludes halogenated alkanes) is 5. The van der Waals surface area contributed by atoms with Gasteiger partial charge in [-0.2, -0.15) is 0 Å². The first-order valence-electron chi connectivity index (χ1n) is 12.9. The molecule has 0 fully saturated rings. The maximum absolute atomic E-state index is 11.0. The third-order valence-electron chi connectivity index (χ3n) is 6.26. The molecule has 0 aliphatic carbocycles. The van der Waals surface area contributed by atoms with Gasteiger partial charge in [0.15, 0.2) is 0 Å². The standard InChI is InChI=1S/C30H36N2O5/c1-2-3-4-5-6-7-20-37-27-18-8-22(9-19-27)21-28(23-10-14-25(15-11-23)31-29(33)34)24-12-16-26(17-13-24)32-30(35)36/h8-19,28,31-32H,2-7,20-21H2,1H3,(H,33,34)(H,35,36). The highest BCUT2D eigenvalue weighted by Crippen LogP contribution is 2.31. The van der Waals surface area contributed by atoms with Crippen molar-refractivity contribution in [3.8, 4) is 5.75 Å². The fourth-order valence-corrected chi connectivity index (χ4v) is 4.30. The number of carboxylic acid groups (broad SMARTS) is 2. The Morgan fingerprint density at radius 2 is 1.19 bits per heavy atom. The Bertz CT molecular complexity index is 1050. The van der Waals surface area contributed by atoms with Gasteiger partial charge in [0, 0.05) is 17.3 Å². The summed E-state index contributed by atoms with van der Waals surface area (Å²) in [6, 6.07) is 22.8. The number of anilines is 2. The molecular formula is C30H36N2O5. The second-order valence-electron chi connectivity index (χ2n) is 9.12. The number of benzene rings is 3. The van der Waals surface area contributed by atoms with Crippen molar-refractivity contribution in [2.24, 2.45) is 0 Å². The smallest absolute Gasteiger partial charge is 0.409 e. The molecule has 37 heavy (non-hydrogen) atoms. The highest BCUT2D eigenvalue weighted by atomic mass is 16.5. The van der Waals surface area contributed by atoms with Gasteiger partial charge in [0.1, 0.15) is 5.75 Å². The van der Waals surface area contributed by atoms with Crippen LogP contribution in [-0.2, 0) is 6.42 Å². The van der Waals surface area contributed by atoms with E-state index in [-0.39, 0.29) is 5.92 Å².